The number of imide groups is 1. The van der Waals surface area contributed by atoms with Crippen LogP contribution in [0.4, 0.5) is 11.4 Å². The van der Waals surface area contributed by atoms with Crippen molar-refractivity contribution in [2.24, 2.45) is 4.99 Å². The van der Waals surface area contributed by atoms with Crippen molar-refractivity contribution in [2.45, 2.75) is 96.7 Å². The number of rotatable bonds is 22. The standard InChI is InChI=1S/C60H65N5O12/c1-39-25-51-52(61-34-49-30-43-10-5-7-12-46(43)36-64(49)60(51)70)33-53(39)75-37-40-26-41(38-76-55-31-44-14-15-47-29-42-9-4-6-11-45(42)35-63(47)59(69)50(44)32-54(55)72-3)28-48(27-40)62(19-20-73-23-24-74-22-21-71-2)18-8-13-58(68)77-65-56(66)16-17-57(65)67/h4-7,9-12,25-28,31-34,47,49H,8,13-24,29-30,35-38H2,1-3H3/t47-,49+/m1/s1. The average Bonchev–Trinajstić information content (AvgIpc) is 3.66. The molecule has 5 aromatic carbocycles. The lowest BCUT2D eigenvalue weighted by Crippen LogP contribution is -2.44. The minimum absolute atomic E-state index is 0.00557. The molecule has 1 fully saturated rings. The molecule has 0 radical (unpaired) electrons. The first-order chi connectivity index (χ1) is 37.5. The van der Waals surface area contributed by atoms with Crippen LogP contribution in [-0.2, 0) is 79.0 Å². The topological polar surface area (TPSA) is 175 Å². The van der Waals surface area contributed by atoms with Crippen molar-refractivity contribution in [1.82, 2.24) is 14.9 Å². The van der Waals surface area contributed by atoms with Crippen LogP contribution in [0, 0.1) is 6.92 Å². The second-order valence-electron chi connectivity index (χ2n) is 20.1. The highest BCUT2D eigenvalue weighted by molar-refractivity contribution is 6.03. The molecule has 0 saturated carbocycles. The van der Waals surface area contributed by atoms with Gasteiger partial charge in [0.2, 0.25) is 0 Å². The minimum atomic E-state index is -0.685. The van der Waals surface area contributed by atoms with E-state index < -0.39 is 17.8 Å². The number of hydroxylamine groups is 2. The molecule has 17 heteroatoms. The zero-order valence-corrected chi connectivity index (χ0v) is 44.0. The highest BCUT2D eigenvalue weighted by Crippen LogP contribution is 2.39. The lowest BCUT2D eigenvalue weighted by molar-refractivity contribution is -0.197. The van der Waals surface area contributed by atoms with Crippen LogP contribution in [0.15, 0.2) is 96.0 Å². The van der Waals surface area contributed by atoms with Gasteiger partial charge in [-0.15, -0.1) is 5.06 Å². The van der Waals surface area contributed by atoms with Crippen molar-refractivity contribution in [3.8, 4) is 17.2 Å². The molecule has 0 aromatic heterocycles. The van der Waals surface area contributed by atoms with E-state index in [1.165, 1.54) is 16.7 Å². The van der Waals surface area contributed by atoms with Gasteiger partial charge in [0.25, 0.3) is 23.6 Å². The zero-order chi connectivity index (χ0) is 53.4. The molecule has 0 aliphatic carbocycles. The first-order valence-corrected chi connectivity index (χ1v) is 26.5. The summed E-state index contributed by atoms with van der Waals surface area (Å²) in [5.74, 6) is -0.313. The second kappa shape index (κ2) is 24.2. The highest BCUT2D eigenvalue weighted by Gasteiger charge is 2.36. The van der Waals surface area contributed by atoms with Gasteiger partial charge in [0.1, 0.15) is 19.0 Å². The van der Waals surface area contributed by atoms with Gasteiger partial charge in [-0.2, -0.15) is 0 Å². The number of methoxy groups -OCH3 is 2. The Morgan fingerprint density at radius 1 is 0.649 bits per heavy atom. The van der Waals surface area contributed by atoms with Crippen LogP contribution in [0.5, 0.6) is 17.2 Å². The van der Waals surface area contributed by atoms with Gasteiger partial charge in [-0.3, -0.25) is 24.2 Å². The molecule has 4 amide bonds. The monoisotopic (exact) mass is 1050 g/mol. The summed E-state index contributed by atoms with van der Waals surface area (Å²) < 4.78 is 35.9. The van der Waals surface area contributed by atoms with Crippen LogP contribution in [0.3, 0.4) is 0 Å². The minimum Gasteiger partial charge on any atom is -0.493 e. The summed E-state index contributed by atoms with van der Waals surface area (Å²) in [5, 5.41) is 0.568. The lowest BCUT2D eigenvalue weighted by atomic mass is 9.92. The van der Waals surface area contributed by atoms with Crippen molar-refractivity contribution in [2.75, 3.05) is 65.2 Å². The van der Waals surface area contributed by atoms with Crippen molar-refractivity contribution in [3.63, 3.8) is 0 Å². The van der Waals surface area contributed by atoms with Gasteiger partial charge < -0.3 is 48.0 Å². The largest absolute Gasteiger partial charge is 0.493 e. The van der Waals surface area contributed by atoms with Gasteiger partial charge in [-0.1, -0.05) is 48.5 Å². The lowest BCUT2D eigenvalue weighted by Gasteiger charge is -2.35. The fourth-order valence-electron chi connectivity index (χ4n) is 10.8. The number of nitrogens with zero attached hydrogens (tertiary/aromatic N) is 5. The van der Waals surface area contributed by atoms with Crippen molar-refractivity contribution < 1.29 is 57.2 Å². The molecule has 0 bridgehead atoms. The summed E-state index contributed by atoms with van der Waals surface area (Å²) in [7, 11) is 3.19. The van der Waals surface area contributed by atoms with Gasteiger partial charge in [0, 0.05) is 82.1 Å². The maximum Gasteiger partial charge on any atom is 0.333 e. The SMILES string of the molecule is COCCOCCOCCN(CCCC(=O)ON1C(=O)CCC1=O)c1cc(COc2cc3c(cc2C)C(=O)N2Cc4ccccc4C[C@H]2C=N3)cc(COc2cc3c(cc2OC)C(=O)N2Cc4ccccc4C[C@H]2CC3)c1. The number of carbonyl (C=O) groups is 5. The Labute approximate surface area is 448 Å². The molecule has 0 unspecified atom stereocenters. The van der Waals surface area contributed by atoms with Gasteiger partial charge in [-0.05, 0) is 120 Å². The highest BCUT2D eigenvalue weighted by atomic mass is 16.7. The van der Waals surface area contributed by atoms with Crippen LogP contribution in [0.1, 0.15) is 97.3 Å². The zero-order valence-electron chi connectivity index (χ0n) is 44.0. The Kier molecular flexibility index (Phi) is 16.6. The van der Waals surface area contributed by atoms with Gasteiger partial charge in [-0.25, -0.2) is 4.79 Å². The van der Waals surface area contributed by atoms with Crippen molar-refractivity contribution >= 4 is 47.2 Å². The third-order valence-electron chi connectivity index (χ3n) is 15.0. The number of amides is 4. The first-order valence-electron chi connectivity index (χ1n) is 26.5. The molecule has 5 heterocycles. The van der Waals surface area contributed by atoms with E-state index in [9.17, 15) is 24.0 Å². The van der Waals surface area contributed by atoms with Gasteiger partial charge in [0.15, 0.2) is 11.5 Å². The molecule has 10 rings (SSSR count). The summed E-state index contributed by atoms with van der Waals surface area (Å²) in [4.78, 5) is 81.8. The molecule has 17 nitrogen and oxygen atoms in total. The Hall–Kier alpha value is -7.60. The van der Waals surface area contributed by atoms with Crippen molar-refractivity contribution in [3.05, 3.63) is 147 Å². The van der Waals surface area contributed by atoms with E-state index >= 15 is 0 Å². The van der Waals surface area contributed by atoms with Crippen molar-refractivity contribution in [1.29, 1.82) is 0 Å². The molecular weight excluding hydrogens is 983 g/mol. The number of hydrogen-bond acceptors (Lipinski definition) is 14. The molecule has 5 aliphatic heterocycles. The summed E-state index contributed by atoms with van der Waals surface area (Å²) in [6.45, 7) is 6.07. The third kappa shape index (κ3) is 12.2. The van der Waals surface area contributed by atoms with E-state index in [0.29, 0.717) is 118 Å². The molecule has 402 valence electrons. The Morgan fingerprint density at radius 2 is 1.30 bits per heavy atom. The number of anilines is 1. The van der Waals surface area contributed by atoms with Crippen LogP contribution >= 0.6 is 0 Å². The first kappa shape index (κ1) is 52.8. The normalized spacial score (nSPS) is 17.4. The Balaban J connectivity index is 0.910. The summed E-state index contributed by atoms with van der Waals surface area (Å²) in [5.41, 5.74) is 10.6. The number of benzene rings is 5. The predicted octanol–water partition coefficient (Wildman–Crippen LogP) is 7.83. The Morgan fingerprint density at radius 3 is 2.01 bits per heavy atom. The molecule has 77 heavy (non-hydrogen) atoms. The van der Waals surface area contributed by atoms with Gasteiger partial charge in [0.05, 0.1) is 57.4 Å². The number of carbonyl (C=O) groups excluding carboxylic acids is 5. The van der Waals surface area contributed by atoms with E-state index in [1.54, 1.807) is 20.3 Å². The molecule has 0 spiro atoms. The van der Waals surface area contributed by atoms with Crippen LogP contribution in [-0.4, -0.2) is 123 Å². The Bertz CT molecular complexity index is 3050. The smallest absolute Gasteiger partial charge is 0.333 e. The number of aryl methyl sites for hydroxylation is 2. The van der Waals surface area contributed by atoms with E-state index in [-0.39, 0.29) is 56.4 Å². The van der Waals surface area contributed by atoms with E-state index in [1.807, 2.05) is 77.5 Å². The van der Waals surface area contributed by atoms with E-state index in [2.05, 4.69) is 35.2 Å². The molecule has 5 aromatic rings. The summed E-state index contributed by atoms with van der Waals surface area (Å²) in [6, 6.07) is 30.0. The summed E-state index contributed by atoms with van der Waals surface area (Å²) >= 11 is 0. The molecule has 2 atom stereocenters. The molecule has 1 saturated heterocycles. The van der Waals surface area contributed by atoms with Gasteiger partial charge >= 0.3 is 5.97 Å². The average molecular weight is 1050 g/mol. The quantitative estimate of drug-likeness (QED) is 0.0485. The molecular formula is C60H65N5O12. The molecule has 0 N–H and O–H groups in total. The number of aliphatic imine (C=N–C) groups is 1. The maximum absolute atomic E-state index is 14.3. The second-order valence-corrected chi connectivity index (χ2v) is 20.1. The number of fused-ring (bicyclic) bond motifs is 6. The van der Waals surface area contributed by atoms with Crippen LogP contribution < -0.4 is 19.1 Å². The number of ether oxygens (including phenoxy) is 6. The maximum atomic E-state index is 14.3. The number of hydrogen-bond donors (Lipinski definition) is 0. The van der Waals surface area contributed by atoms with Crippen LogP contribution in [0.25, 0.3) is 0 Å². The predicted molar refractivity (Wildman–Crippen MR) is 286 cm³/mol. The summed E-state index contributed by atoms with van der Waals surface area (Å²) in [6.07, 6.45) is 5.17. The van der Waals surface area contributed by atoms with E-state index in [4.69, 9.17) is 38.3 Å². The third-order valence-corrected chi connectivity index (χ3v) is 15.0. The fraction of sp³-hybridized carbons (Fsp3) is 0.400. The fourth-order valence-corrected chi connectivity index (χ4v) is 10.8. The van der Waals surface area contributed by atoms with Crippen LogP contribution in [0.2, 0.25) is 0 Å². The molecule has 5 aliphatic rings. The van der Waals surface area contributed by atoms with E-state index in [0.717, 1.165) is 46.3 Å².